The highest BCUT2D eigenvalue weighted by Gasteiger charge is 2.18. The van der Waals surface area contributed by atoms with E-state index in [1.54, 1.807) is 0 Å². The summed E-state index contributed by atoms with van der Waals surface area (Å²) < 4.78 is 0. The van der Waals surface area contributed by atoms with Gasteiger partial charge in [0.05, 0.1) is 0 Å². The predicted molar refractivity (Wildman–Crippen MR) is 70.4 cm³/mol. The van der Waals surface area contributed by atoms with E-state index < -0.39 is 0 Å². The highest BCUT2D eigenvalue weighted by molar-refractivity contribution is 5.74. The standard InChI is InChI=1S/C14H22N2O/c1-10(2)14(12-7-5-4-6-8-12)16-11(3)9-13(15)17/h4-8,10-11,14,16H,9H2,1-3H3,(H2,15,17)/t11-,14-/m1/s1. The van der Waals surface area contributed by atoms with Gasteiger partial charge in [-0.15, -0.1) is 0 Å². The molecule has 0 aromatic heterocycles. The first-order chi connectivity index (χ1) is 8.00. The molecule has 3 N–H and O–H groups in total. The molecule has 0 aliphatic rings. The molecule has 94 valence electrons. The lowest BCUT2D eigenvalue weighted by Crippen LogP contribution is -2.36. The first-order valence-corrected chi connectivity index (χ1v) is 6.10. The van der Waals surface area contributed by atoms with Crippen LogP contribution in [-0.2, 0) is 4.79 Å². The number of benzene rings is 1. The van der Waals surface area contributed by atoms with Crippen LogP contribution in [0.15, 0.2) is 30.3 Å². The lowest BCUT2D eigenvalue weighted by Gasteiger charge is -2.26. The molecule has 17 heavy (non-hydrogen) atoms. The minimum atomic E-state index is -0.263. The van der Waals surface area contributed by atoms with Crippen molar-refractivity contribution < 1.29 is 4.79 Å². The van der Waals surface area contributed by atoms with Crippen LogP contribution < -0.4 is 11.1 Å². The van der Waals surface area contributed by atoms with Crippen LogP contribution in [0.5, 0.6) is 0 Å². The van der Waals surface area contributed by atoms with Gasteiger partial charge in [0, 0.05) is 18.5 Å². The molecule has 0 radical (unpaired) electrons. The van der Waals surface area contributed by atoms with Crippen molar-refractivity contribution in [3.63, 3.8) is 0 Å². The van der Waals surface area contributed by atoms with Crippen molar-refractivity contribution in [2.75, 3.05) is 0 Å². The molecule has 1 amide bonds. The molecule has 2 atom stereocenters. The van der Waals surface area contributed by atoms with E-state index in [-0.39, 0.29) is 18.0 Å². The van der Waals surface area contributed by atoms with Gasteiger partial charge in [0.1, 0.15) is 0 Å². The molecule has 3 heteroatoms. The van der Waals surface area contributed by atoms with E-state index in [1.165, 1.54) is 5.56 Å². The van der Waals surface area contributed by atoms with Crippen LogP contribution in [0, 0.1) is 5.92 Å². The van der Waals surface area contributed by atoms with E-state index in [0.29, 0.717) is 12.3 Å². The van der Waals surface area contributed by atoms with Crippen LogP contribution in [0.2, 0.25) is 0 Å². The molecule has 0 unspecified atom stereocenters. The lowest BCUT2D eigenvalue weighted by molar-refractivity contribution is -0.118. The summed E-state index contributed by atoms with van der Waals surface area (Å²) >= 11 is 0. The number of nitrogens with two attached hydrogens (primary N) is 1. The summed E-state index contributed by atoms with van der Waals surface area (Å²) in [6, 6.07) is 10.6. The number of hydrogen-bond donors (Lipinski definition) is 2. The molecule has 0 heterocycles. The van der Waals surface area contributed by atoms with Gasteiger partial charge in [-0.2, -0.15) is 0 Å². The second kappa shape index (κ2) is 6.40. The van der Waals surface area contributed by atoms with Crippen molar-refractivity contribution in [2.24, 2.45) is 11.7 Å². The fraction of sp³-hybridized carbons (Fsp3) is 0.500. The Balaban J connectivity index is 2.71. The van der Waals surface area contributed by atoms with Crippen LogP contribution in [0.1, 0.15) is 38.8 Å². The number of nitrogens with one attached hydrogen (secondary N) is 1. The van der Waals surface area contributed by atoms with Crippen LogP contribution >= 0.6 is 0 Å². The van der Waals surface area contributed by atoms with Crippen molar-refractivity contribution in [1.29, 1.82) is 0 Å². The summed E-state index contributed by atoms with van der Waals surface area (Å²) in [5.74, 6) is 0.202. The number of hydrogen-bond acceptors (Lipinski definition) is 2. The van der Waals surface area contributed by atoms with Gasteiger partial charge < -0.3 is 11.1 Å². The minimum absolute atomic E-state index is 0.0973. The summed E-state index contributed by atoms with van der Waals surface area (Å²) in [5, 5.41) is 3.46. The van der Waals surface area contributed by atoms with Gasteiger partial charge in [0.25, 0.3) is 0 Å². The quantitative estimate of drug-likeness (QED) is 0.793. The maximum absolute atomic E-state index is 10.9. The van der Waals surface area contributed by atoms with Gasteiger partial charge in [0.2, 0.25) is 5.91 Å². The maximum Gasteiger partial charge on any atom is 0.218 e. The molecular formula is C14H22N2O. The zero-order chi connectivity index (χ0) is 12.8. The average Bonchev–Trinajstić information content (AvgIpc) is 2.25. The van der Waals surface area contributed by atoms with Crippen molar-refractivity contribution in [3.05, 3.63) is 35.9 Å². The molecule has 1 rings (SSSR count). The van der Waals surface area contributed by atoms with Gasteiger partial charge >= 0.3 is 0 Å². The zero-order valence-corrected chi connectivity index (χ0v) is 10.8. The highest BCUT2D eigenvalue weighted by atomic mass is 16.1. The number of carbonyl (C=O) groups is 1. The van der Waals surface area contributed by atoms with E-state index in [1.807, 2.05) is 25.1 Å². The van der Waals surface area contributed by atoms with Crippen molar-refractivity contribution in [2.45, 2.75) is 39.3 Å². The molecule has 0 spiro atoms. The van der Waals surface area contributed by atoms with E-state index in [9.17, 15) is 4.79 Å². The van der Waals surface area contributed by atoms with Gasteiger partial charge in [-0.05, 0) is 18.4 Å². The van der Waals surface area contributed by atoms with Crippen molar-refractivity contribution in [1.82, 2.24) is 5.32 Å². The Kier molecular flexibility index (Phi) is 5.16. The average molecular weight is 234 g/mol. The number of carbonyl (C=O) groups excluding carboxylic acids is 1. The first kappa shape index (κ1) is 13.7. The fourth-order valence-corrected chi connectivity index (χ4v) is 2.00. The molecule has 3 nitrogen and oxygen atoms in total. The number of amides is 1. The molecule has 0 aliphatic carbocycles. The topological polar surface area (TPSA) is 55.1 Å². The second-order valence-electron chi connectivity index (χ2n) is 4.87. The van der Waals surface area contributed by atoms with E-state index >= 15 is 0 Å². The molecule has 0 saturated heterocycles. The van der Waals surface area contributed by atoms with Crippen LogP contribution in [0.25, 0.3) is 0 Å². The Bertz CT molecular complexity index is 348. The largest absolute Gasteiger partial charge is 0.370 e. The molecule has 0 bridgehead atoms. The van der Waals surface area contributed by atoms with E-state index in [4.69, 9.17) is 5.73 Å². The van der Waals surface area contributed by atoms with Crippen LogP contribution in [0.3, 0.4) is 0 Å². The second-order valence-corrected chi connectivity index (χ2v) is 4.87. The van der Waals surface area contributed by atoms with Crippen molar-refractivity contribution >= 4 is 5.91 Å². The minimum Gasteiger partial charge on any atom is -0.370 e. The number of primary amides is 1. The molecule has 0 saturated carbocycles. The Morgan fingerprint density at radius 1 is 1.24 bits per heavy atom. The Labute approximate surface area is 103 Å². The Morgan fingerprint density at radius 3 is 2.29 bits per heavy atom. The third kappa shape index (κ3) is 4.57. The molecule has 0 aliphatic heterocycles. The van der Waals surface area contributed by atoms with Crippen molar-refractivity contribution in [3.8, 4) is 0 Å². The molecule has 1 aromatic carbocycles. The third-order valence-electron chi connectivity index (χ3n) is 2.80. The molecule has 1 aromatic rings. The summed E-state index contributed by atoms with van der Waals surface area (Å²) in [7, 11) is 0. The van der Waals surface area contributed by atoms with Gasteiger partial charge in [-0.25, -0.2) is 0 Å². The molecule has 0 fully saturated rings. The maximum atomic E-state index is 10.9. The predicted octanol–water partition coefficient (Wildman–Crippen LogP) is 2.24. The van der Waals surface area contributed by atoms with Gasteiger partial charge in [-0.1, -0.05) is 44.2 Å². The van der Waals surface area contributed by atoms with Gasteiger partial charge in [-0.3, -0.25) is 4.79 Å². The van der Waals surface area contributed by atoms with E-state index in [0.717, 1.165) is 0 Å². The SMILES string of the molecule is CC(C)[C@@H](N[C@H](C)CC(N)=O)c1ccccc1. The number of rotatable bonds is 6. The highest BCUT2D eigenvalue weighted by Crippen LogP contribution is 2.22. The summed E-state index contributed by atoms with van der Waals surface area (Å²) in [5.41, 5.74) is 6.45. The van der Waals surface area contributed by atoms with E-state index in [2.05, 4.69) is 31.3 Å². The fourth-order valence-electron chi connectivity index (χ4n) is 2.00. The summed E-state index contributed by atoms with van der Waals surface area (Å²) in [4.78, 5) is 10.9. The van der Waals surface area contributed by atoms with Gasteiger partial charge in [0.15, 0.2) is 0 Å². The molecular weight excluding hydrogens is 212 g/mol. The van der Waals surface area contributed by atoms with Crippen LogP contribution in [-0.4, -0.2) is 11.9 Å². The third-order valence-corrected chi connectivity index (χ3v) is 2.80. The summed E-state index contributed by atoms with van der Waals surface area (Å²) in [6.45, 7) is 6.33. The zero-order valence-electron chi connectivity index (χ0n) is 10.8. The summed E-state index contributed by atoms with van der Waals surface area (Å²) in [6.07, 6.45) is 0.371. The Hall–Kier alpha value is -1.35. The monoisotopic (exact) mass is 234 g/mol. The van der Waals surface area contributed by atoms with Crippen LogP contribution in [0.4, 0.5) is 0 Å². The normalized spacial score (nSPS) is 14.6. The Morgan fingerprint density at radius 2 is 1.82 bits per heavy atom. The smallest absolute Gasteiger partial charge is 0.218 e. The first-order valence-electron chi connectivity index (χ1n) is 6.10. The lowest BCUT2D eigenvalue weighted by atomic mass is 9.95.